The van der Waals surface area contributed by atoms with E-state index in [4.69, 9.17) is 14.7 Å². The second-order valence-corrected chi connectivity index (χ2v) is 9.12. The van der Waals surface area contributed by atoms with Gasteiger partial charge in [-0.1, -0.05) is 30.3 Å². The highest BCUT2D eigenvalue weighted by Crippen LogP contribution is 2.37. The zero-order valence-corrected chi connectivity index (χ0v) is 17.8. The Morgan fingerprint density at radius 1 is 1.14 bits per heavy atom. The molecule has 0 aliphatic carbocycles. The van der Waals surface area contributed by atoms with Gasteiger partial charge in [0.1, 0.15) is 16.5 Å². The van der Waals surface area contributed by atoms with Crippen LogP contribution < -0.4 is 5.32 Å². The Hall–Kier alpha value is -2.02. The van der Waals surface area contributed by atoms with Crippen LogP contribution in [0, 0.1) is 12.8 Å². The predicted octanol–water partition coefficient (Wildman–Crippen LogP) is 4.58. The monoisotopic (exact) mass is 408 g/mol. The fourth-order valence-electron chi connectivity index (χ4n) is 4.53. The minimum atomic E-state index is 0.465. The molecule has 29 heavy (non-hydrogen) atoms. The standard InChI is InChI=1S/C23H28N4OS/c1-16-24-22(21-20(15-29-23(21)25-16)18-5-3-2-4-6-18)26-19-7-10-27(11-8-19)13-17-9-12-28-14-17/h2-6,15,17,19H,7-14H2,1H3,(H,24,25,26). The highest BCUT2D eigenvalue weighted by molar-refractivity contribution is 7.17. The Balaban J connectivity index is 1.33. The highest BCUT2D eigenvalue weighted by atomic mass is 32.1. The lowest BCUT2D eigenvalue weighted by Gasteiger charge is -2.34. The summed E-state index contributed by atoms with van der Waals surface area (Å²) in [7, 11) is 0. The van der Waals surface area contributed by atoms with E-state index in [0.717, 1.165) is 66.9 Å². The summed E-state index contributed by atoms with van der Waals surface area (Å²) < 4.78 is 5.54. The molecular weight excluding hydrogens is 380 g/mol. The van der Waals surface area contributed by atoms with Gasteiger partial charge in [-0.25, -0.2) is 9.97 Å². The number of anilines is 1. The van der Waals surface area contributed by atoms with E-state index in [1.807, 2.05) is 6.92 Å². The third-order valence-electron chi connectivity index (χ3n) is 6.10. The number of hydrogen-bond acceptors (Lipinski definition) is 6. The summed E-state index contributed by atoms with van der Waals surface area (Å²) in [6, 6.07) is 11.0. The van der Waals surface area contributed by atoms with E-state index in [0.29, 0.717) is 6.04 Å². The normalized spacial score (nSPS) is 21.1. The maximum absolute atomic E-state index is 5.54. The first-order chi connectivity index (χ1) is 14.3. The van der Waals surface area contributed by atoms with Crippen LogP contribution in [0.3, 0.4) is 0 Å². The molecule has 0 radical (unpaired) electrons. The Labute approximate surface area is 176 Å². The number of fused-ring (bicyclic) bond motifs is 1. The van der Waals surface area contributed by atoms with E-state index in [1.165, 1.54) is 24.1 Å². The number of hydrogen-bond donors (Lipinski definition) is 1. The Morgan fingerprint density at radius 3 is 2.72 bits per heavy atom. The number of benzene rings is 1. The summed E-state index contributed by atoms with van der Waals surface area (Å²) in [6.07, 6.45) is 3.53. The molecular formula is C23H28N4OS. The third-order valence-corrected chi connectivity index (χ3v) is 6.97. The fraction of sp³-hybridized carbons (Fsp3) is 0.478. The summed E-state index contributed by atoms with van der Waals surface area (Å²) in [5, 5.41) is 7.16. The van der Waals surface area contributed by atoms with Gasteiger partial charge in [0.05, 0.1) is 12.0 Å². The predicted molar refractivity (Wildman–Crippen MR) is 120 cm³/mol. The minimum Gasteiger partial charge on any atom is -0.381 e. The van der Waals surface area contributed by atoms with Crippen LogP contribution in [0.25, 0.3) is 21.3 Å². The first kappa shape index (κ1) is 19.0. The van der Waals surface area contributed by atoms with Crippen molar-refractivity contribution in [3.8, 4) is 11.1 Å². The summed E-state index contributed by atoms with van der Waals surface area (Å²) in [5.74, 6) is 2.55. The molecule has 2 saturated heterocycles. The molecule has 152 valence electrons. The molecule has 1 atom stereocenters. The van der Waals surface area contributed by atoms with Crippen molar-refractivity contribution in [2.45, 2.75) is 32.2 Å². The lowest BCUT2D eigenvalue weighted by molar-refractivity contribution is 0.154. The maximum Gasteiger partial charge on any atom is 0.139 e. The molecule has 6 heteroatoms. The van der Waals surface area contributed by atoms with Crippen molar-refractivity contribution in [3.05, 3.63) is 41.5 Å². The molecule has 0 spiro atoms. The number of aryl methyl sites for hydroxylation is 1. The van der Waals surface area contributed by atoms with Crippen LogP contribution in [0.15, 0.2) is 35.7 Å². The average Bonchev–Trinajstić information content (AvgIpc) is 3.40. The van der Waals surface area contributed by atoms with E-state index in [2.05, 4.69) is 45.9 Å². The van der Waals surface area contributed by atoms with E-state index >= 15 is 0 Å². The SMILES string of the molecule is Cc1nc(NC2CCN(CC3CCOC3)CC2)c2c(-c3ccccc3)csc2n1. The second-order valence-electron chi connectivity index (χ2n) is 8.26. The van der Waals surface area contributed by atoms with Gasteiger partial charge in [-0.05, 0) is 37.7 Å². The molecule has 0 bridgehead atoms. The van der Waals surface area contributed by atoms with E-state index in [9.17, 15) is 0 Å². The van der Waals surface area contributed by atoms with Crippen molar-refractivity contribution in [3.63, 3.8) is 0 Å². The van der Waals surface area contributed by atoms with Gasteiger partial charge < -0.3 is 15.0 Å². The van der Waals surface area contributed by atoms with Gasteiger partial charge >= 0.3 is 0 Å². The number of nitrogens with zero attached hydrogens (tertiary/aromatic N) is 3. The number of likely N-dealkylation sites (tertiary alicyclic amines) is 1. The first-order valence-electron chi connectivity index (χ1n) is 10.6. The summed E-state index contributed by atoms with van der Waals surface area (Å²) in [6.45, 7) is 7.35. The smallest absolute Gasteiger partial charge is 0.139 e. The molecule has 3 aromatic rings. The van der Waals surface area contributed by atoms with Crippen LogP contribution in [-0.2, 0) is 4.74 Å². The zero-order chi connectivity index (χ0) is 19.6. The Kier molecular flexibility index (Phi) is 5.48. The molecule has 1 unspecified atom stereocenters. The highest BCUT2D eigenvalue weighted by Gasteiger charge is 2.25. The molecule has 0 saturated carbocycles. The van der Waals surface area contributed by atoms with Gasteiger partial charge in [-0.2, -0.15) is 0 Å². The minimum absolute atomic E-state index is 0.465. The maximum atomic E-state index is 5.54. The molecule has 5 rings (SSSR count). The molecule has 2 aliphatic heterocycles. The van der Waals surface area contributed by atoms with Gasteiger partial charge in [0.2, 0.25) is 0 Å². The first-order valence-corrected chi connectivity index (χ1v) is 11.5. The Bertz CT molecular complexity index is 960. The van der Waals surface area contributed by atoms with Crippen molar-refractivity contribution >= 4 is 27.4 Å². The topological polar surface area (TPSA) is 50.3 Å². The molecule has 1 aromatic carbocycles. The van der Waals surface area contributed by atoms with Crippen molar-refractivity contribution in [2.24, 2.45) is 5.92 Å². The van der Waals surface area contributed by atoms with Gasteiger partial charge in [0.25, 0.3) is 0 Å². The van der Waals surface area contributed by atoms with Crippen LogP contribution in [0.5, 0.6) is 0 Å². The molecule has 4 heterocycles. The molecule has 5 nitrogen and oxygen atoms in total. The Morgan fingerprint density at radius 2 is 1.97 bits per heavy atom. The summed E-state index contributed by atoms with van der Waals surface area (Å²) >= 11 is 1.71. The molecule has 0 amide bonds. The number of thiophene rings is 1. The van der Waals surface area contributed by atoms with Crippen molar-refractivity contribution in [2.75, 3.05) is 38.2 Å². The average molecular weight is 409 g/mol. The van der Waals surface area contributed by atoms with Crippen molar-refractivity contribution in [1.82, 2.24) is 14.9 Å². The van der Waals surface area contributed by atoms with Crippen molar-refractivity contribution < 1.29 is 4.74 Å². The quantitative estimate of drug-likeness (QED) is 0.670. The second kappa shape index (κ2) is 8.38. The van der Waals surface area contributed by atoms with E-state index in [1.54, 1.807) is 11.3 Å². The van der Waals surface area contributed by atoms with Gasteiger partial charge in [-0.3, -0.25) is 0 Å². The van der Waals surface area contributed by atoms with Crippen LogP contribution in [-0.4, -0.2) is 53.8 Å². The summed E-state index contributed by atoms with van der Waals surface area (Å²) in [4.78, 5) is 13.2. The van der Waals surface area contributed by atoms with Crippen LogP contribution in [0.1, 0.15) is 25.1 Å². The number of piperidine rings is 1. The van der Waals surface area contributed by atoms with Gasteiger partial charge in [0, 0.05) is 43.2 Å². The zero-order valence-electron chi connectivity index (χ0n) is 16.9. The lowest BCUT2D eigenvalue weighted by atomic mass is 10.0. The number of aromatic nitrogens is 2. The molecule has 2 fully saturated rings. The van der Waals surface area contributed by atoms with Crippen LogP contribution in [0.4, 0.5) is 5.82 Å². The molecule has 1 N–H and O–H groups in total. The van der Waals surface area contributed by atoms with Gasteiger partial charge in [-0.15, -0.1) is 11.3 Å². The largest absolute Gasteiger partial charge is 0.381 e. The number of nitrogens with one attached hydrogen (secondary N) is 1. The molecule has 2 aromatic heterocycles. The molecule has 2 aliphatic rings. The van der Waals surface area contributed by atoms with Gasteiger partial charge in [0.15, 0.2) is 0 Å². The van der Waals surface area contributed by atoms with E-state index < -0.39 is 0 Å². The van der Waals surface area contributed by atoms with Crippen molar-refractivity contribution in [1.29, 1.82) is 0 Å². The van der Waals surface area contributed by atoms with Crippen LogP contribution >= 0.6 is 11.3 Å². The number of rotatable bonds is 5. The van der Waals surface area contributed by atoms with E-state index in [-0.39, 0.29) is 0 Å². The fourth-order valence-corrected chi connectivity index (χ4v) is 5.52. The van der Waals surface area contributed by atoms with Crippen LogP contribution in [0.2, 0.25) is 0 Å². The lowest BCUT2D eigenvalue weighted by Crippen LogP contribution is -2.41. The summed E-state index contributed by atoms with van der Waals surface area (Å²) in [5.41, 5.74) is 2.45. The number of ether oxygens (including phenoxy) is 1. The third kappa shape index (κ3) is 4.15.